The minimum Gasteiger partial charge on any atom is -0.489 e. The van der Waals surface area contributed by atoms with Gasteiger partial charge in [0.15, 0.2) is 0 Å². The molecule has 0 aliphatic carbocycles. The molecule has 0 saturated carbocycles. The van der Waals surface area contributed by atoms with Crippen molar-refractivity contribution in [3.05, 3.63) is 94.2 Å². The van der Waals surface area contributed by atoms with E-state index < -0.39 is 0 Å². The second-order valence-corrected chi connectivity index (χ2v) is 6.34. The summed E-state index contributed by atoms with van der Waals surface area (Å²) in [5, 5.41) is 3.97. The monoisotopic (exact) mass is 409 g/mol. The summed E-state index contributed by atoms with van der Waals surface area (Å²) in [5.41, 5.74) is 4.83. The molecule has 0 fully saturated rings. The maximum atomic E-state index is 11.9. The Morgan fingerprint density at radius 3 is 2.77 bits per heavy atom. The van der Waals surface area contributed by atoms with Gasteiger partial charge in [-0.25, -0.2) is 5.43 Å². The third-order valence-corrected chi connectivity index (χ3v) is 4.01. The molecule has 0 aliphatic heterocycles. The SMILES string of the molecule is O=C(NN=Cc1cccc(OCc2ccc(Br)cc2)c1)c1cccnc1. The molecule has 130 valence electrons. The lowest BCUT2D eigenvalue weighted by molar-refractivity contribution is 0.0955. The second-order valence-electron chi connectivity index (χ2n) is 5.43. The number of benzene rings is 2. The highest BCUT2D eigenvalue weighted by Gasteiger charge is 2.02. The first kappa shape index (κ1) is 17.8. The summed E-state index contributed by atoms with van der Waals surface area (Å²) in [5.74, 6) is 0.424. The quantitative estimate of drug-likeness (QED) is 0.490. The maximum absolute atomic E-state index is 11.9. The average molecular weight is 410 g/mol. The van der Waals surface area contributed by atoms with Crippen LogP contribution in [-0.2, 0) is 6.61 Å². The minimum atomic E-state index is -0.308. The van der Waals surface area contributed by atoms with E-state index in [-0.39, 0.29) is 5.91 Å². The van der Waals surface area contributed by atoms with Gasteiger partial charge in [0.2, 0.25) is 0 Å². The van der Waals surface area contributed by atoms with Crippen LogP contribution in [0.5, 0.6) is 5.75 Å². The predicted octanol–water partition coefficient (Wildman–Crippen LogP) is 4.19. The Labute approximate surface area is 159 Å². The zero-order valence-corrected chi connectivity index (χ0v) is 15.4. The summed E-state index contributed by atoms with van der Waals surface area (Å²) < 4.78 is 6.83. The van der Waals surface area contributed by atoms with E-state index in [2.05, 4.69) is 31.4 Å². The van der Waals surface area contributed by atoms with Crippen LogP contribution in [0.15, 0.2) is 82.6 Å². The molecule has 0 saturated heterocycles. The number of hydrogen-bond acceptors (Lipinski definition) is 4. The number of ether oxygens (including phenoxy) is 1. The third kappa shape index (κ3) is 5.26. The number of amides is 1. The van der Waals surface area contributed by atoms with Gasteiger partial charge in [-0.15, -0.1) is 0 Å². The van der Waals surface area contributed by atoms with Crippen molar-refractivity contribution in [2.75, 3.05) is 0 Å². The fourth-order valence-corrected chi connectivity index (χ4v) is 2.42. The lowest BCUT2D eigenvalue weighted by Gasteiger charge is -2.07. The molecule has 0 atom stereocenters. The van der Waals surface area contributed by atoms with Gasteiger partial charge in [-0.05, 0) is 47.5 Å². The molecule has 6 heteroatoms. The van der Waals surface area contributed by atoms with Gasteiger partial charge in [-0.2, -0.15) is 5.10 Å². The summed E-state index contributed by atoms with van der Waals surface area (Å²) >= 11 is 3.41. The number of hydrogen-bond donors (Lipinski definition) is 1. The molecule has 0 unspecified atom stereocenters. The van der Waals surface area contributed by atoms with Gasteiger partial charge in [-0.3, -0.25) is 9.78 Å². The molecule has 0 aliphatic rings. The number of aromatic nitrogens is 1. The Balaban J connectivity index is 1.56. The molecule has 3 aromatic rings. The molecule has 3 rings (SSSR count). The van der Waals surface area contributed by atoms with E-state index in [4.69, 9.17) is 4.74 Å². The van der Waals surface area contributed by atoms with Gasteiger partial charge < -0.3 is 4.74 Å². The van der Waals surface area contributed by atoms with E-state index in [9.17, 15) is 4.79 Å². The van der Waals surface area contributed by atoms with Crippen LogP contribution in [0.3, 0.4) is 0 Å². The van der Waals surface area contributed by atoms with Crippen molar-refractivity contribution in [2.45, 2.75) is 6.61 Å². The first-order valence-electron chi connectivity index (χ1n) is 7.91. The number of nitrogens with one attached hydrogen (secondary N) is 1. The lowest BCUT2D eigenvalue weighted by Crippen LogP contribution is -2.17. The number of nitrogens with zero attached hydrogens (tertiary/aromatic N) is 2. The van der Waals surface area contributed by atoms with Crippen molar-refractivity contribution in [1.82, 2.24) is 10.4 Å². The van der Waals surface area contributed by atoms with Gasteiger partial charge in [0.05, 0.1) is 11.8 Å². The molecule has 0 bridgehead atoms. The first-order chi connectivity index (χ1) is 12.7. The van der Waals surface area contributed by atoms with Gasteiger partial charge in [0, 0.05) is 16.9 Å². The van der Waals surface area contributed by atoms with Crippen LogP contribution < -0.4 is 10.2 Å². The number of rotatable bonds is 6. The fourth-order valence-electron chi connectivity index (χ4n) is 2.16. The molecular weight excluding hydrogens is 394 g/mol. The number of halogens is 1. The van der Waals surface area contributed by atoms with Crippen LogP contribution in [0.2, 0.25) is 0 Å². The largest absolute Gasteiger partial charge is 0.489 e. The van der Waals surface area contributed by atoms with Crippen molar-refractivity contribution >= 4 is 28.1 Å². The van der Waals surface area contributed by atoms with Crippen molar-refractivity contribution in [2.24, 2.45) is 5.10 Å². The molecule has 2 aromatic carbocycles. The zero-order chi connectivity index (χ0) is 18.2. The molecule has 0 radical (unpaired) electrons. The first-order valence-corrected chi connectivity index (χ1v) is 8.71. The van der Waals surface area contributed by atoms with E-state index in [1.807, 2.05) is 48.5 Å². The Kier molecular flexibility index (Phi) is 6.11. The van der Waals surface area contributed by atoms with Crippen molar-refractivity contribution in [1.29, 1.82) is 0 Å². The highest BCUT2D eigenvalue weighted by Crippen LogP contribution is 2.16. The summed E-state index contributed by atoms with van der Waals surface area (Å²) in [7, 11) is 0. The summed E-state index contributed by atoms with van der Waals surface area (Å²) in [6.45, 7) is 0.478. The zero-order valence-electron chi connectivity index (χ0n) is 13.8. The topological polar surface area (TPSA) is 63.6 Å². The van der Waals surface area contributed by atoms with Crippen molar-refractivity contribution in [3.8, 4) is 5.75 Å². The van der Waals surface area contributed by atoms with E-state index in [1.165, 1.54) is 6.20 Å². The Hall–Kier alpha value is -2.99. The second kappa shape index (κ2) is 8.92. The molecule has 1 aromatic heterocycles. The van der Waals surface area contributed by atoms with Gasteiger partial charge >= 0.3 is 0 Å². The maximum Gasteiger partial charge on any atom is 0.272 e. The Morgan fingerprint density at radius 2 is 2.00 bits per heavy atom. The fraction of sp³-hybridized carbons (Fsp3) is 0.0500. The number of hydrazone groups is 1. The summed E-state index contributed by atoms with van der Waals surface area (Å²) in [6, 6.07) is 18.8. The van der Waals surface area contributed by atoms with Crippen LogP contribution in [-0.4, -0.2) is 17.1 Å². The van der Waals surface area contributed by atoms with Crippen molar-refractivity contribution in [3.63, 3.8) is 0 Å². The normalized spacial score (nSPS) is 10.7. The lowest BCUT2D eigenvalue weighted by atomic mass is 10.2. The van der Waals surface area contributed by atoms with Crippen LogP contribution >= 0.6 is 15.9 Å². The molecular formula is C20H16BrN3O2. The average Bonchev–Trinajstić information content (AvgIpc) is 2.68. The Morgan fingerprint density at radius 1 is 1.15 bits per heavy atom. The van der Waals surface area contributed by atoms with Crippen LogP contribution in [0.25, 0.3) is 0 Å². The smallest absolute Gasteiger partial charge is 0.272 e. The molecule has 5 nitrogen and oxygen atoms in total. The number of carbonyl (C=O) groups excluding carboxylic acids is 1. The van der Waals surface area contributed by atoms with E-state index in [0.29, 0.717) is 12.2 Å². The van der Waals surface area contributed by atoms with Gasteiger partial charge in [0.1, 0.15) is 12.4 Å². The number of pyridine rings is 1. The van der Waals surface area contributed by atoms with Gasteiger partial charge in [-0.1, -0.05) is 40.2 Å². The van der Waals surface area contributed by atoms with Crippen molar-refractivity contribution < 1.29 is 9.53 Å². The van der Waals surface area contributed by atoms with Crippen LogP contribution in [0.4, 0.5) is 0 Å². The van der Waals surface area contributed by atoms with E-state index in [1.54, 1.807) is 24.5 Å². The van der Waals surface area contributed by atoms with E-state index in [0.717, 1.165) is 21.3 Å². The summed E-state index contributed by atoms with van der Waals surface area (Å²) in [4.78, 5) is 15.8. The third-order valence-electron chi connectivity index (χ3n) is 3.48. The highest BCUT2D eigenvalue weighted by atomic mass is 79.9. The molecule has 26 heavy (non-hydrogen) atoms. The van der Waals surface area contributed by atoms with E-state index >= 15 is 0 Å². The molecule has 1 N–H and O–H groups in total. The van der Waals surface area contributed by atoms with Crippen LogP contribution in [0.1, 0.15) is 21.5 Å². The highest BCUT2D eigenvalue weighted by molar-refractivity contribution is 9.10. The predicted molar refractivity (Wildman–Crippen MR) is 104 cm³/mol. The molecule has 0 spiro atoms. The minimum absolute atomic E-state index is 0.308. The Bertz CT molecular complexity index is 896. The van der Waals surface area contributed by atoms with Gasteiger partial charge in [0.25, 0.3) is 5.91 Å². The van der Waals surface area contributed by atoms with Crippen LogP contribution in [0, 0.1) is 0 Å². The number of carbonyl (C=O) groups is 1. The molecule has 1 heterocycles. The standard InChI is InChI=1S/C20H16BrN3O2/c21-18-8-6-15(7-9-18)14-26-19-5-1-3-16(11-19)12-23-24-20(25)17-4-2-10-22-13-17/h1-13H,14H2,(H,24,25). The molecule has 1 amide bonds. The summed E-state index contributed by atoms with van der Waals surface area (Å²) in [6.07, 6.45) is 4.67.